The Morgan fingerprint density at radius 3 is 2.50 bits per heavy atom. The summed E-state index contributed by atoms with van der Waals surface area (Å²) in [6, 6.07) is 10.7. The van der Waals surface area contributed by atoms with Gasteiger partial charge >= 0.3 is 5.97 Å². The van der Waals surface area contributed by atoms with Crippen molar-refractivity contribution in [2.45, 2.75) is 13.0 Å². The maximum atomic E-state index is 12.4. The van der Waals surface area contributed by atoms with Crippen LogP contribution in [-0.4, -0.2) is 40.0 Å². The van der Waals surface area contributed by atoms with Crippen molar-refractivity contribution < 1.29 is 19.4 Å². The lowest BCUT2D eigenvalue weighted by molar-refractivity contribution is -0.141. The minimum absolute atomic E-state index is 0.139. The van der Waals surface area contributed by atoms with Crippen molar-refractivity contribution in [3.63, 3.8) is 0 Å². The van der Waals surface area contributed by atoms with Crippen molar-refractivity contribution in [2.75, 3.05) is 13.1 Å². The lowest BCUT2D eigenvalue weighted by atomic mass is 10.1. The maximum Gasteiger partial charge on any atom is 0.308 e. The van der Waals surface area contributed by atoms with Crippen molar-refractivity contribution in [1.29, 1.82) is 0 Å². The third-order valence-electron chi connectivity index (χ3n) is 4.08. The van der Waals surface area contributed by atoms with E-state index in [1.807, 2.05) is 12.1 Å². The number of carbonyl (C=O) groups is 2. The number of pyridine rings is 1. The molecule has 1 saturated heterocycles. The SMILES string of the molecule is O=C(O)C1CCN(C(=O)c2ccc(OCc3ccncc3)cc2)C1. The lowest BCUT2D eigenvalue weighted by Gasteiger charge is -2.16. The Bertz CT molecular complexity index is 716. The molecule has 0 saturated carbocycles. The smallest absolute Gasteiger partial charge is 0.308 e. The molecule has 1 aromatic carbocycles. The van der Waals surface area contributed by atoms with Crippen molar-refractivity contribution in [1.82, 2.24) is 9.88 Å². The number of aliphatic carboxylic acids is 1. The highest BCUT2D eigenvalue weighted by molar-refractivity contribution is 5.94. The third-order valence-corrected chi connectivity index (χ3v) is 4.08. The molecule has 1 aliphatic rings. The van der Waals surface area contributed by atoms with Crippen molar-refractivity contribution >= 4 is 11.9 Å². The van der Waals surface area contributed by atoms with Gasteiger partial charge in [0, 0.05) is 31.0 Å². The number of ether oxygens (including phenoxy) is 1. The highest BCUT2D eigenvalue weighted by atomic mass is 16.5. The summed E-state index contributed by atoms with van der Waals surface area (Å²) in [6.45, 7) is 1.19. The van der Waals surface area contributed by atoms with Crippen LogP contribution in [0.15, 0.2) is 48.8 Å². The van der Waals surface area contributed by atoms with Gasteiger partial charge in [-0.2, -0.15) is 0 Å². The van der Waals surface area contributed by atoms with Crippen molar-refractivity contribution in [2.24, 2.45) is 5.92 Å². The van der Waals surface area contributed by atoms with Crippen LogP contribution in [0.1, 0.15) is 22.3 Å². The molecular formula is C18H18N2O4. The van der Waals surface area contributed by atoms with Crippen LogP contribution in [0.5, 0.6) is 5.75 Å². The normalized spacial score (nSPS) is 16.8. The van der Waals surface area contributed by atoms with Crippen LogP contribution in [0.25, 0.3) is 0 Å². The van der Waals surface area contributed by atoms with Gasteiger partial charge in [0.25, 0.3) is 5.91 Å². The van der Waals surface area contributed by atoms with E-state index in [4.69, 9.17) is 9.84 Å². The molecule has 1 fully saturated rings. The Balaban J connectivity index is 1.58. The molecule has 2 heterocycles. The van der Waals surface area contributed by atoms with Gasteiger partial charge in [-0.05, 0) is 48.4 Å². The van der Waals surface area contributed by atoms with Crippen LogP contribution in [0, 0.1) is 5.92 Å². The van der Waals surface area contributed by atoms with Gasteiger partial charge in [-0.25, -0.2) is 0 Å². The Morgan fingerprint density at radius 2 is 1.88 bits per heavy atom. The van der Waals surface area contributed by atoms with Gasteiger partial charge in [0.2, 0.25) is 0 Å². The third kappa shape index (κ3) is 3.71. The van der Waals surface area contributed by atoms with Crippen LogP contribution in [-0.2, 0) is 11.4 Å². The Labute approximate surface area is 139 Å². The largest absolute Gasteiger partial charge is 0.489 e. The summed E-state index contributed by atoms with van der Waals surface area (Å²) in [6.07, 6.45) is 3.93. The minimum Gasteiger partial charge on any atom is -0.489 e. The zero-order chi connectivity index (χ0) is 16.9. The highest BCUT2D eigenvalue weighted by Crippen LogP contribution is 2.20. The highest BCUT2D eigenvalue weighted by Gasteiger charge is 2.31. The molecule has 6 heteroatoms. The second-order valence-electron chi connectivity index (χ2n) is 5.74. The predicted octanol–water partition coefficient (Wildman–Crippen LogP) is 2.21. The summed E-state index contributed by atoms with van der Waals surface area (Å²) < 4.78 is 5.67. The van der Waals surface area contributed by atoms with Gasteiger partial charge in [0.1, 0.15) is 12.4 Å². The Hall–Kier alpha value is -2.89. The first-order valence-corrected chi connectivity index (χ1v) is 7.77. The molecular weight excluding hydrogens is 308 g/mol. The van der Waals surface area contributed by atoms with Gasteiger partial charge in [0.05, 0.1) is 5.92 Å². The molecule has 1 amide bonds. The molecule has 2 aromatic rings. The second kappa shape index (κ2) is 7.12. The molecule has 1 aliphatic heterocycles. The number of amides is 1. The van der Waals surface area contributed by atoms with E-state index >= 15 is 0 Å². The van der Waals surface area contributed by atoms with Crippen LogP contribution < -0.4 is 4.74 Å². The first-order chi connectivity index (χ1) is 11.6. The number of likely N-dealkylation sites (tertiary alicyclic amines) is 1. The van der Waals surface area contributed by atoms with E-state index in [1.54, 1.807) is 41.6 Å². The zero-order valence-electron chi connectivity index (χ0n) is 13.1. The molecule has 1 unspecified atom stereocenters. The molecule has 0 radical (unpaired) electrons. The van der Waals surface area contributed by atoms with Crippen LogP contribution in [0.2, 0.25) is 0 Å². The van der Waals surface area contributed by atoms with Gasteiger partial charge < -0.3 is 14.7 Å². The number of aromatic nitrogens is 1. The standard InChI is InChI=1S/C18H18N2O4/c21-17(20-10-7-15(11-20)18(22)23)14-1-3-16(4-2-14)24-12-13-5-8-19-9-6-13/h1-6,8-9,15H,7,10-12H2,(H,22,23). The number of nitrogens with zero attached hydrogens (tertiary/aromatic N) is 2. The zero-order valence-corrected chi connectivity index (χ0v) is 13.1. The summed E-state index contributed by atoms with van der Waals surface area (Å²) in [5.74, 6) is -0.769. The summed E-state index contributed by atoms with van der Waals surface area (Å²) in [7, 11) is 0. The fraction of sp³-hybridized carbons (Fsp3) is 0.278. The number of carboxylic acid groups (broad SMARTS) is 1. The molecule has 0 spiro atoms. The predicted molar refractivity (Wildman–Crippen MR) is 86.7 cm³/mol. The topological polar surface area (TPSA) is 79.7 Å². The fourth-order valence-corrected chi connectivity index (χ4v) is 2.67. The van der Waals surface area contributed by atoms with Crippen LogP contribution in [0.4, 0.5) is 0 Å². The van der Waals surface area contributed by atoms with E-state index in [1.165, 1.54) is 0 Å². The molecule has 124 valence electrons. The van der Waals surface area contributed by atoms with Gasteiger partial charge in [-0.3, -0.25) is 14.6 Å². The summed E-state index contributed by atoms with van der Waals surface area (Å²) in [4.78, 5) is 28.9. The van der Waals surface area contributed by atoms with Crippen LogP contribution in [0.3, 0.4) is 0 Å². The summed E-state index contributed by atoms with van der Waals surface area (Å²) in [5.41, 5.74) is 1.55. The molecule has 3 rings (SSSR count). The second-order valence-corrected chi connectivity index (χ2v) is 5.74. The quantitative estimate of drug-likeness (QED) is 0.911. The molecule has 1 atom stereocenters. The molecule has 24 heavy (non-hydrogen) atoms. The maximum absolute atomic E-state index is 12.4. The lowest BCUT2D eigenvalue weighted by Crippen LogP contribution is -2.29. The molecule has 1 N–H and O–H groups in total. The van der Waals surface area contributed by atoms with E-state index < -0.39 is 11.9 Å². The van der Waals surface area contributed by atoms with E-state index in [9.17, 15) is 9.59 Å². The van der Waals surface area contributed by atoms with Crippen molar-refractivity contribution in [3.05, 3.63) is 59.9 Å². The Morgan fingerprint density at radius 1 is 1.17 bits per heavy atom. The number of carbonyl (C=O) groups excluding carboxylic acids is 1. The first kappa shape index (κ1) is 16.0. The van der Waals surface area contributed by atoms with E-state index in [2.05, 4.69) is 4.98 Å². The van der Waals surface area contributed by atoms with Gasteiger partial charge in [-0.1, -0.05) is 0 Å². The fourth-order valence-electron chi connectivity index (χ4n) is 2.67. The molecule has 0 bridgehead atoms. The monoisotopic (exact) mass is 326 g/mol. The number of benzene rings is 1. The van der Waals surface area contributed by atoms with Crippen LogP contribution >= 0.6 is 0 Å². The molecule has 1 aromatic heterocycles. The Kier molecular flexibility index (Phi) is 4.74. The average molecular weight is 326 g/mol. The molecule has 0 aliphatic carbocycles. The minimum atomic E-state index is -0.842. The molecule has 6 nitrogen and oxygen atoms in total. The number of carboxylic acids is 1. The number of hydrogen-bond donors (Lipinski definition) is 1. The summed E-state index contributed by atoms with van der Waals surface area (Å²) >= 11 is 0. The summed E-state index contributed by atoms with van der Waals surface area (Å²) in [5, 5.41) is 9.01. The van der Waals surface area contributed by atoms with Gasteiger partial charge in [0.15, 0.2) is 0 Å². The first-order valence-electron chi connectivity index (χ1n) is 7.77. The van der Waals surface area contributed by atoms with Crippen molar-refractivity contribution in [3.8, 4) is 5.75 Å². The van der Waals surface area contributed by atoms with E-state index in [-0.39, 0.29) is 12.5 Å². The van der Waals surface area contributed by atoms with E-state index in [0.717, 1.165) is 5.56 Å². The van der Waals surface area contributed by atoms with Gasteiger partial charge in [-0.15, -0.1) is 0 Å². The van der Waals surface area contributed by atoms with E-state index in [0.29, 0.717) is 30.9 Å². The number of rotatable bonds is 5. The average Bonchev–Trinajstić information content (AvgIpc) is 3.11. The number of hydrogen-bond acceptors (Lipinski definition) is 4.